The number of carbonyl (C=O) groups is 1. The first-order valence-corrected chi connectivity index (χ1v) is 9.57. The van der Waals surface area contributed by atoms with Gasteiger partial charge in [0.05, 0.1) is 12.6 Å². The van der Waals surface area contributed by atoms with E-state index in [1.807, 2.05) is 60.1 Å². The summed E-state index contributed by atoms with van der Waals surface area (Å²) in [5.74, 6) is 1.62. The molecule has 4 rings (SSSR count). The molecule has 1 fully saturated rings. The fourth-order valence-electron chi connectivity index (χ4n) is 3.01. The summed E-state index contributed by atoms with van der Waals surface area (Å²) in [5, 5.41) is 14.9. The highest BCUT2D eigenvalue weighted by atomic mass is 16.5. The highest BCUT2D eigenvalue weighted by molar-refractivity contribution is 5.90. The van der Waals surface area contributed by atoms with Crippen LogP contribution >= 0.6 is 0 Å². The van der Waals surface area contributed by atoms with E-state index in [4.69, 9.17) is 4.74 Å². The summed E-state index contributed by atoms with van der Waals surface area (Å²) in [7, 11) is 0. The third kappa shape index (κ3) is 4.36. The second-order valence-electron chi connectivity index (χ2n) is 7.02. The van der Waals surface area contributed by atoms with Crippen molar-refractivity contribution in [2.75, 3.05) is 11.9 Å². The molecule has 0 bridgehead atoms. The van der Waals surface area contributed by atoms with E-state index in [0.29, 0.717) is 25.5 Å². The zero-order valence-electron chi connectivity index (χ0n) is 15.8. The van der Waals surface area contributed by atoms with E-state index in [2.05, 4.69) is 20.8 Å². The van der Waals surface area contributed by atoms with Gasteiger partial charge in [0, 0.05) is 17.7 Å². The quantitative estimate of drug-likeness (QED) is 0.604. The summed E-state index contributed by atoms with van der Waals surface area (Å²) in [6.45, 7) is 2.52. The van der Waals surface area contributed by atoms with Crippen molar-refractivity contribution in [1.29, 1.82) is 0 Å². The van der Waals surface area contributed by atoms with Gasteiger partial charge in [-0.3, -0.25) is 4.79 Å². The number of hydrogen-bond acceptors (Lipinski definition) is 5. The Labute approximate surface area is 163 Å². The van der Waals surface area contributed by atoms with Crippen LogP contribution in [0, 0.1) is 6.92 Å². The summed E-state index contributed by atoms with van der Waals surface area (Å²) in [6, 6.07) is 15.9. The van der Waals surface area contributed by atoms with E-state index in [1.54, 1.807) is 0 Å². The van der Waals surface area contributed by atoms with Crippen LogP contribution in [0.3, 0.4) is 0 Å². The minimum atomic E-state index is -0.0241. The molecule has 3 aromatic rings. The number of hydrogen-bond donors (Lipinski definition) is 1. The lowest BCUT2D eigenvalue weighted by molar-refractivity contribution is -0.116. The van der Waals surface area contributed by atoms with E-state index in [9.17, 15) is 4.79 Å². The molecular weight excluding hydrogens is 354 g/mol. The van der Waals surface area contributed by atoms with Crippen molar-refractivity contribution in [2.24, 2.45) is 0 Å². The van der Waals surface area contributed by atoms with E-state index >= 15 is 0 Å². The van der Waals surface area contributed by atoms with Crippen LogP contribution in [0.15, 0.2) is 48.5 Å². The molecule has 0 radical (unpaired) electrons. The van der Waals surface area contributed by atoms with Gasteiger partial charge in [-0.05, 0) is 72.5 Å². The van der Waals surface area contributed by atoms with Crippen molar-refractivity contribution in [2.45, 2.75) is 38.6 Å². The molecule has 0 saturated heterocycles. The van der Waals surface area contributed by atoms with Gasteiger partial charge >= 0.3 is 0 Å². The summed E-state index contributed by atoms with van der Waals surface area (Å²) >= 11 is 0. The molecule has 1 heterocycles. The van der Waals surface area contributed by atoms with Gasteiger partial charge in [0.25, 0.3) is 0 Å². The Morgan fingerprint density at radius 3 is 2.71 bits per heavy atom. The number of nitrogens with one attached hydrogen (secondary N) is 1. The van der Waals surface area contributed by atoms with Gasteiger partial charge in [-0.15, -0.1) is 5.10 Å². The number of nitrogens with zero attached hydrogens (tertiary/aromatic N) is 4. The number of benzene rings is 2. The van der Waals surface area contributed by atoms with Crippen LogP contribution < -0.4 is 10.1 Å². The number of amides is 1. The maximum Gasteiger partial charge on any atom is 0.224 e. The number of anilines is 1. The summed E-state index contributed by atoms with van der Waals surface area (Å²) in [5.41, 5.74) is 2.81. The predicted octanol–water partition coefficient (Wildman–Crippen LogP) is 3.78. The number of carbonyl (C=O) groups excluding carboxylic acids is 1. The van der Waals surface area contributed by atoms with Crippen LogP contribution in [0.2, 0.25) is 0 Å². The zero-order valence-corrected chi connectivity index (χ0v) is 15.8. The lowest BCUT2D eigenvalue weighted by Gasteiger charge is -2.09. The molecular formula is C21H23N5O2. The fraction of sp³-hybridized carbons (Fsp3) is 0.333. The minimum absolute atomic E-state index is 0.0241. The summed E-state index contributed by atoms with van der Waals surface area (Å²) < 4.78 is 7.61. The third-order valence-corrected chi connectivity index (χ3v) is 4.71. The van der Waals surface area contributed by atoms with E-state index in [1.165, 1.54) is 0 Å². The third-order valence-electron chi connectivity index (χ3n) is 4.71. The highest BCUT2D eigenvalue weighted by Crippen LogP contribution is 2.36. The molecule has 1 saturated carbocycles. The van der Waals surface area contributed by atoms with Gasteiger partial charge in [0.1, 0.15) is 5.75 Å². The van der Waals surface area contributed by atoms with Crippen LogP contribution in [0.5, 0.6) is 5.75 Å². The number of rotatable bonds is 8. The van der Waals surface area contributed by atoms with Crippen LogP contribution in [-0.4, -0.2) is 32.7 Å². The van der Waals surface area contributed by atoms with Crippen molar-refractivity contribution in [1.82, 2.24) is 20.2 Å². The SMILES string of the molecule is Cc1ccccc1OCCCC(=O)Nc1ccc(-c2nnnn2C2CC2)cc1. The lowest BCUT2D eigenvalue weighted by atomic mass is 10.2. The van der Waals surface area contributed by atoms with Crippen molar-refractivity contribution < 1.29 is 9.53 Å². The molecule has 1 aromatic heterocycles. The molecule has 0 unspecified atom stereocenters. The van der Waals surface area contributed by atoms with Gasteiger partial charge < -0.3 is 10.1 Å². The first-order chi connectivity index (χ1) is 13.7. The molecule has 1 aliphatic rings. The molecule has 28 heavy (non-hydrogen) atoms. The van der Waals surface area contributed by atoms with Gasteiger partial charge in [-0.2, -0.15) is 0 Å². The van der Waals surface area contributed by atoms with E-state index < -0.39 is 0 Å². The van der Waals surface area contributed by atoms with Crippen molar-refractivity contribution >= 4 is 11.6 Å². The number of ether oxygens (including phenoxy) is 1. The molecule has 0 atom stereocenters. The monoisotopic (exact) mass is 377 g/mol. The summed E-state index contributed by atoms with van der Waals surface area (Å²) in [6.07, 6.45) is 3.32. The van der Waals surface area contributed by atoms with Gasteiger partial charge in [-0.25, -0.2) is 4.68 Å². The van der Waals surface area contributed by atoms with Crippen molar-refractivity contribution in [3.05, 3.63) is 54.1 Å². The topological polar surface area (TPSA) is 81.9 Å². The minimum Gasteiger partial charge on any atom is -0.493 e. The molecule has 1 N–H and O–H groups in total. The molecule has 0 aliphatic heterocycles. The van der Waals surface area contributed by atoms with Crippen molar-refractivity contribution in [3.63, 3.8) is 0 Å². The second-order valence-corrected chi connectivity index (χ2v) is 7.02. The lowest BCUT2D eigenvalue weighted by Crippen LogP contribution is -2.12. The fourth-order valence-corrected chi connectivity index (χ4v) is 3.01. The maximum atomic E-state index is 12.2. The van der Waals surface area contributed by atoms with Gasteiger partial charge in [0.2, 0.25) is 5.91 Å². The largest absolute Gasteiger partial charge is 0.493 e. The molecule has 0 spiro atoms. The Hall–Kier alpha value is -3.22. The van der Waals surface area contributed by atoms with E-state index in [-0.39, 0.29) is 5.91 Å². The van der Waals surface area contributed by atoms with Crippen LogP contribution in [0.4, 0.5) is 5.69 Å². The molecule has 1 amide bonds. The predicted molar refractivity (Wildman–Crippen MR) is 106 cm³/mol. The maximum absolute atomic E-state index is 12.2. The highest BCUT2D eigenvalue weighted by Gasteiger charge is 2.28. The average molecular weight is 377 g/mol. The molecule has 144 valence electrons. The van der Waals surface area contributed by atoms with Crippen LogP contribution in [0.25, 0.3) is 11.4 Å². The van der Waals surface area contributed by atoms with E-state index in [0.717, 1.165) is 41.2 Å². The smallest absolute Gasteiger partial charge is 0.224 e. The summed E-state index contributed by atoms with van der Waals surface area (Å²) in [4.78, 5) is 12.2. The molecule has 2 aromatic carbocycles. The Balaban J connectivity index is 1.25. The first kappa shape index (κ1) is 18.2. The standard InChI is InChI=1S/C21H23N5O2/c1-15-5-2-3-6-19(15)28-14-4-7-20(27)22-17-10-8-16(9-11-17)21-23-24-25-26(21)18-12-13-18/h2-3,5-6,8-11,18H,4,7,12-14H2,1H3,(H,22,27). The van der Waals surface area contributed by atoms with Crippen LogP contribution in [0.1, 0.15) is 37.3 Å². The van der Waals surface area contributed by atoms with Gasteiger partial charge in [0.15, 0.2) is 5.82 Å². The molecule has 7 heteroatoms. The second kappa shape index (κ2) is 8.21. The Morgan fingerprint density at radius 1 is 1.18 bits per heavy atom. The Morgan fingerprint density at radius 2 is 1.96 bits per heavy atom. The Bertz CT molecular complexity index is 947. The molecule has 7 nitrogen and oxygen atoms in total. The number of tetrazole rings is 1. The number of para-hydroxylation sites is 1. The first-order valence-electron chi connectivity index (χ1n) is 9.57. The Kier molecular flexibility index (Phi) is 5.32. The van der Waals surface area contributed by atoms with Crippen molar-refractivity contribution in [3.8, 4) is 17.1 Å². The zero-order chi connectivity index (χ0) is 19.3. The number of aryl methyl sites for hydroxylation is 1. The number of aromatic nitrogens is 4. The van der Waals surface area contributed by atoms with Gasteiger partial charge in [-0.1, -0.05) is 18.2 Å². The molecule has 1 aliphatic carbocycles. The normalized spacial score (nSPS) is 13.3. The average Bonchev–Trinajstić information content (AvgIpc) is 3.44. The van der Waals surface area contributed by atoms with Crippen LogP contribution in [-0.2, 0) is 4.79 Å².